The second-order valence-electron chi connectivity index (χ2n) is 3.56. The summed E-state index contributed by atoms with van der Waals surface area (Å²) in [5.74, 6) is -0.336. The first kappa shape index (κ1) is 12.9. The molecule has 1 N–H and O–H groups in total. The SMILES string of the molecule is CCCc1nnc(NC(=O)c2cc(Cl)ccn2)s1. The molecular weight excluding hydrogens is 272 g/mol. The van der Waals surface area contributed by atoms with Gasteiger partial charge in [0, 0.05) is 17.6 Å². The third kappa shape index (κ3) is 3.24. The van der Waals surface area contributed by atoms with E-state index in [0.29, 0.717) is 10.2 Å². The summed E-state index contributed by atoms with van der Waals surface area (Å²) in [6, 6.07) is 3.12. The van der Waals surface area contributed by atoms with Crippen LogP contribution in [0.2, 0.25) is 5.02 Å². The molecule has 5 nitrogen and oxygen atoms in total. The predicted molar refractivity (Wildman–Crippen MR) is 71.1 cm³/mol. The maximum Gasteiger partial charge on any atom is 0.276 e. The number of pyridine rings is 1. The fourth-order valence-electron chi connectivity index (χ4n) is 1.31. The van der Waals surface area contributed by atoms with E-state index in [0.717, 1.165) is 17.8 Å². The van der Waals surface area contributed by atoms with Gasteiger partial charge in [-0.15, -0.1) is 10.2 Å². The topological polar surface area (TPSA) is 67.8 Å². The molecule has 0 atom stereocenters. The van der Waals surface area contributed by atoms with Crippen molar-refractivity contribution in [1.82, 2.24) is 15.2 Å². The molecule has 0 saturated carbocycles. The van der Waals surface area contributed by atoms with Gasteiger partial charge in [-0.05, 0) is 18.6 Å². The van der Waals surface area contributed by atoms with Crippen LogP contribution in [0.25, 0.3) is 0 Å². The van der Waals surface area contributed by atoms with Crippen LogP contribution < -0.4 is 5.32 Å². The van der Waals surface area contributed by atoms with Crippen molar-refractivity contribution >= 4 is 34.0 Å². The first-order chi connectivity index (χ1) is 8.69. The van der Waals surface area contributed by atoms with Crippen LogP contribution in [0.4, 0.5) is 5.13 Å². The number of anilines is 1. The molecule has 0 unspecified atom stereocenters. The van der Waals surface area contributed by atoms with E-state index in [4.69, 9.17) is 11.6 Å². The Kier molecular flexibility index (Phi) is 4.22. The summed E-state index contributed by atoms with van der Waals surface area (Å²) in [7, 11) is 0. The highest BCUT2D eigenvalue weighted by atomic mass is 35.5. The average molecular weight is 283 g/mol. The number of nitrogens with zero attached hydrogens (tertiary/aromatic N) is 3. The molecule has 0 radical (unpaired) electrons. The van der Waals surface area contributed by atoms with Crippen LogP contribution in [0, 0.1) is 0 Å². The smallest absolute Gasteiger partial charge is 0.276 e. The summed E-state index contributed by atoms with van der Waals surface area (Å²) >= 11 is 7.16. The summed E-state index contributed by atoms with van der Waals surface area (Å²) in [5.41, 5.74) is 0.259. The van der Waals surface area contributed by atoms with Gasteiger partial charge < -0.3 is 0 Å². The Hall–Kier alpha value is -1.53. The van der Waals surface area contributed by atoms with Crippen LogP contribution in [0.5, 0.6) is 0 Å². The molecule has 2 heterocycles. The monoisotopic (exact) mass is 282 g/mol. The number of aryl methyl sites for hydroxylation is 1. The Bertz CT molecular complexity index is 557. The normalized spacial score (nSPS) is 10.3. The van der Waals surface area contributed by atoms with E-state index in [1.54, 1.807) is 6.07 Å². The van der Waals surface area contributed by atoms with E-state index < -0.39 is 0 Å². The van der Waals surface area contributed by atoms with Crippen LogP contribution in [-0.2, 0) is 6.42 Å². The molecule has 1 amide bonds. The van der Waals surface area contributed by atoms with Crippen molar-refractivity contribution in [3.63, 3.8) is 0 Å². The van der Waals surface area contributed by atoms with E-state index in [1.807, 2.05) is 0 Å². The van der Waals surface area contributed by atoms with E-state index in [9.17, 15) is 4.79 Å². The fraction of sp³-hybridized carbons (Fsp3) is 0.273. The highest BCUT2D eigenvalue weighted by Crippen LogP contribution is 2.17. The lowest BCUT2D eigenvalue weighted by atomic mass is 10.3. The molecule has 0 aliphatic carbocycles. The highest BCUT2D eigenvalue weighted by molar-refractivity contribution is 7.15. The van der Waals surface area contributed by atoms with E-state index in [-0.39, 0.29) is 11.6 Å². The average Bonchev–Trinajstić information content (AvgIpc) is 2.77. The predicted octanol–water partition coefficient (Wildman–Crippen LogP) is 2.79. The zero-order valence-electron chi connectivity index (χ0n) is 9.68. The molecule has 2 aromatic heterocycles. The summed E-state index contributed by atoms with van der Waals surface area (Å²) in [6.45, 7) is 2.07. The minimum atomic E-state index is -0.336. The van der Waals surface area contributed by atoms with E-state index >= 15 is 0 Å². The van der Waals surface area contributed by atoms with Crippen LogP contribution in [0.15, 0.2) is 18.3 Å². The number of hydrogen-bond donors (Lipinski definition) is 1. The lowest BCUT2D eigenvalue weighted by Crippen LogP contribution is -2.13. The molecule has 0 spiro atoms. The molecule has 0 saturated heterocycles. The number of nitrogens with one attached hydrogen (secondary N) is 1. The van der Waals surface area contributed by atoms with Crippen molar-refractivity contribution in [2.45, 2.75) is 19.8 Å². The minimum Gasteiger partial charge on any atom is -0.295 e. The largest absolute Gasteiger partial charge is 0.295 e. The van der Waals surface area contributed by atoms with Gasteiger partial charge >= 0.3 is 0 Å². The highest BCUT2D eigenvalue weighted by Gasteiger charge is 2.11. The first-order valence-electron chi connectivity index (χ1n) is 5.44. The zero-order chi connectivity index (χ0) is 13.0. The summed E-state index contributed by atoms with van der Waals surface area (Å²) in [4.78, 5) is 15.8. The second kappa shape index (κ2) is 5.88. The first-order valence-corrected chi connectivity index (χ1v) is 6.63. The number of aromatic nitrogens is 3. The molecule has 0 bridgehead atoms. The van der Waals surface area contributed by atoms with Crippen molar-refractivity contribution in [2.75, 3.05) is 5.32 Å². The molecule has 0 aliphatic rings. The Morgan fingerprint density at radius 2 is 2.33 bits per heavy atom. The van der Waals surface area contributed by atoms with Gasteiger partial charge in [-0.3, -0.25) is 15.1 Å². The molecular formula is C11H11ClN4OS. The van der Waals surface area contributed by atoms with Gasteiger partial charge in [-0.25, -0.2) is 0 Å². The molecule has 7 heteroatoms. The summed E-state index contributed by atoms with van der Waals surface area (Å²) in [6.07, 6.45) is 3.35. The van der Waals surface area contributed by atoms with Gasteiger partial charge in [0.1, 0.15) is 10.7 Å². The van der Waals surface area contributed by atoms with Crippen LogP contribution in [0.1, 0.15) is 28.8 Å². The molecule has 2 rings (SSSR count). The molecule has 0 aromatic carbocycles. The number of hydrogen-bond acceptors (Lipinski definition) is 5. The van der Waals surface area contributed by atoms with Gasteiger partial charge in [0.2, 0.25) is 5.13 Å². The standard InChI is InChI=1S/C11H11ClN4OS/c1-2-3-9-15-16-11(18-9)14-10(17)8-6-7(12)4-5-13-8/h4-6H,2-3H2,1H3,(H,14,16,17). The van der Waals surface area contributed by atoms with E-state index in [1.165, 1.54) is 23.6 Å². The van der Waals surface area contributed by atoms with Crippen LogP contribution in [0.3, 0.4) is 0 Å². The third-order valence-corrected chi connectivity index (χ3v) is 3.24. The van der Waals surface area contributed by atoms with Crippen LogP contribution >= 0.6 is 22.9 Å². The van der Waals surface area contributed by atoms with Crippen molar-refractivity contribution in [3.8, 4) is 0 Å². The van der Waals surface area contributed by atoms with E-state index in [2.05, 4.69) is 27.4 Å². The number of carbonyl (C=O) groups is 1. The van der Waals surface area contributed by atoms with Crippen molar-refractivity contribution < 1.29 is 4.79 Å². The van der Waals surface area contributed by atoms with Gasteiger partial charge in [0.25, 0.3) is 5.91 Å². The molecule has 94 valence electrons. The number of amides is 1. The summed E-state index contributed by atoms with van der Waals surface area (Å²) in [5, 5.41) is 12.4. The zero-order valence-corrected chi connectivity index (χ0v) is 11.3. The Balaban J connectivity index is 2.06. The Labute approximate surface area is 113 Å². The Morgan fingerprint density at radius 1 is 1.50 bits per heavy atom. The maximum absolute atomic E-state index is 11.8. The summed E-state index contributed by atoms with van der Waals surface area (Å²) < 4.78 is 0. The molecule has 0 fully saturated rings. The van der Waals surface area contributed by atoms with Gasteiger partial charge in [0.15, 0.2) is 0 Å². The molecule has 0 aliphatic heterocycles. The van der Waals surface area contributed by atoms with Gasteiger partial charge in [0.05, 0.1) is 0 Å². The second-order valence-corrected chi connectivity index (χ2v) is 5.06. The number of halogens is 1. The number of rotatable bonds is 4. The van der Waals surface area contributed by atoms with Crippen molar-refractivity contribution in [3.05, 3.63) is 34.1 Å². The van der Waals surface area contributed by atoms with Crippen molar-refractivity contribution in [2.24, 2.45) is 0 Å². The fourth-order valence-corrected chi connectivity index (χ4v) is 2.31. The van der Waals surface area contributed by atoms with Crippen molar-refractivity contribution in [1.29, 1.82) is 0 Å². The Morgan fingerprint density at radius 3 is 3.06 bits per heavy atom. The van der Waals surface area contributed by atoms with Gasteiger partial charge in [-0.2, -0.15) is 0 Å². The van der Waals surface area contributed by atoms with Crippen LogP contribution in [-0.4, -0.2) is 21.1 Å². The quantitative estimate of drug-likeness (QED) is 0.936. The maximum atomic E-state index is 11.8. The van der Waals surface area contributed by atoms with Gasteiger partial charge in [-0.1, -0.05) is 29.9 Å². The lowest BCUT2D eigenvalue weighted by Gasteiger charge is -1.99. The number of carbonyl (C=O) groups excluding carboxylic acids is 1. The minimum absolute atomic E-state index is 0.259. The third-order valence-electron chi connectivity index (χ3n) is 2.11. The lowest BCUT2D eigenvalue weighted by molar-refractivity contribution is 0.102. The molecule has 18 heavy (non-hydrogen) atoms. The molecule has 2 aromatic rings.